The zero-order valence-corrected chi connectivity index (χ0v) is 8.93. The summed E-state index contributed by atoms with van der Waals surface area (Å²) in [5.74, 6) is 0. The monoisotopic (exact) mass is 168 g/mol. The standard InChI is InChI=1S/C5H15P3/c1-3(6)5(8)4(2)7/h3-5H,6-8H2,1-2H3. The molecule has 0 N–H and O–H groups in total. The molecule has 0 amide bonds. The summed E-state index contributed by atoms with van der Waals surface area (Å²) in [5.41, 5.74) is 2.12. The van der Waals surface area contributed by atoms with Gasteiger partial charge in [0.2, 0.25) is 0 Å². The molecule has 8 heavy (non-hydrogen) atoms. The van der Waals surface area contributed by atoms with E-state index < -0.39 is 0 Å². The van der Waals surface area contributed by atoms with Crippen LogP contribution in [0.1, 0.15) is 13.8 Å². The van der Waals surface area contributed by atoms with Crippen molar-refractivity contribution in [3.8, 4) is 0 Å². The second kappa shape index (κ2) is 4.16. The summed E-state index contributed by atoms with van der Waals surface area (Å²) >= 11 is 0. The van der Waals surface area contributed by atoms with Gasteiger partial charge in [0.1, 0.15) is 0 Å². The van der Waals surface area contributed by atoms with E-state index in [1.165, 1.54) is 0 Å². The average Bonchev–Trinajstić information content (AvgIpc) is 1.64. The van der Waals surface area contributed by atoms with Crippen LogP contribution in [0.15, 0.2) is 0 Å². The second-order valence-electron chi connectivity index (χ2n) is 2.30. The van der Waals surface area contributed by atoms with Gasteiger partial charge in [-0.1, -0.05) is 13.8 Å². The zero-order chi connectivity index (χ0) is 6.73. The highest BCUT2D eigenvalue weighted by atomic mass is 31.0. The summed E-state index contributed by atoms with van der Waals surface area (Å²) in [4.78, 5) is 0. The molecule has 5 unspecified atom stereocenters. The summed E-state index contributed by atoms with van der Waals surface area (Å²) in [7, 11) is 8.46. The normalized spacial score (nSPS) is 22.1. The van der Waals surface area contributed by atoms with Gasteiger partial charge in [-0.05, 0) is 17.0 Å². The molecular weight excluding hydrogens is 153 g/mol. The van der Waals surface area contributed by atoms with E-state index in [9.17, 15) is 0 Å². The van der Waals surface area contributed by atoms with Crippen LogP contribution in [0.4, 0.5) is 0 Å². The molecule has 0 aromatic carbocycles. The fraction of sp³-hybridized carbons (Fsp3) is 1.00. The maximum atomic E-state index is 2.85. The van der Waals surface area contributed by atoms with Crippen LogP contribution in [0.3, 0.4) is 0 Å². The van der Waals surface area contributed by atoms with Gasteiger partial charge < -0.3 is 0 Å². The lowest BCUT2D eigenvalue weighted by molar-refractivity contribution is 0.825. The molecule has 0 fully saturated rings. The Labute approximate surface area is 59.2 Å². The summed E-state index contributed by atoms with van der Waals surface area (Å²) in [5, 5.41) is 0. The Hall–Kier alpha value is 1.29. The van der Waals surface area contributed by atoms with Gasteiger partial charge in [-0.15, -0.1) is 27.7 Å². The van der Waals surface area contributed by atoms with Gasteiger partial charge in [0.05, 0.1) is 0 Å². The van der Waals surface area contributed by atoms with Crippen LogP contribution in [0.5, 0.6) is 0 Å². The first kappa shape index (κ1) is 9.29. The summed E-state index contributed by atoms with van der Waals surface area (Å²) in [6, 6.07) is 0. The zero-order valence-electron chi connectivity index (χ0n) is 5.46. The van der Waals surface area contributed by atoms with Crippen molar-refractivity contribution in [3.05, 3.63) is 0 Å². The van der Waals surface area contributed by atoms with Crippen LogP contribution < -0.4 is 0 Å². The minimum Gasteiger partial charge on any atom is -0.134 e. The minimum absolute atomic E-state index is 0.701. The molecule has 0 nitrogen and oxygen atoms in total. The highest BCUT2D eigenvalue weighted by Gasteiger charge is 2.10. The lowest BCUT2D eigenvalue weighted by atomic mass is 10.2. The van der Waals surface area contributed by atoms with Crippen molar-refractivity contribution in [2.45, 2.75) is 30.8 Å². The molecule has 0 aliphatic rings. The minimum atomic E-state index is 0.701. The smallest absolute Gasteiger partial charge is 0.0144 e. The van der Waals surface area contributed by atoms with Crippen LogP contribution in [0.2, 0.25) is 0 Å². The summed E-state index contributed by atoms with van der Waals surface area (Å²) in [6.45, 7) is 4.42. The van der Waals surface area contributed by atoms with E-state index in [1.54, 1.807) is 0 Å². The maximum absolute atomic E-state index is 2.85. The summed E-state index contributed by atoms with van der Waals surface area (Å²) < 4.78 is 0. The second-order valence-corrected chi connectivity index (χ2v) is 5.17. The number of rotatable bonds is 2. The predicted octanol–water partition coefficient (Wildman–Crippen LogP) is 1.76. The van der Waals surface area contributed by atoms with Crippen LogP contribution >= 0.6 is 27.7 Å². The van der Waals surface area contributed by atoms with Gasteiger partial charge in [0.15, 0.2) is 0 Å². The average molecular weight is 168 g/mol. The molecule has 0 aliphatic carbocycles. The van der Waals surface area contributed by atoms with E-state index in [2.05, 4.69) is 41.6 Å². The molecule has 0 saturated heterocycles. The molecule has 0 spiro atoms. The molecule has 3 heteroatoms. The number of hydrogen-bond acceptors (Lipinski definition) is 0. The van der Waals surface area contributed by atoms with Crippen LogP contribution in [-0.4, -0.2) is 17.0 Å². The van der Waals surface area contributed by atoms with Gasteiger partial charge in [-0.25, -0.2) is 0 Å². The van der Waals surface area contributed by atoms with Gasteiger partial charge >= 0.3 is 0 Å². The Morgan fingerprint density at radius 1 is 0.875 bits per heavy atom. The lowest BCUT2D eigenvalue weighted by Crippen LogP contribution is -2.18. The highest BCUT2D eigenvalue weighted by Crippen LogP contribution is 2.22. The van der Waals surface area contributed by atoms with Gasteiger partial charge in [0, 0.05) is 0 Å². The Morgan fingerprint density at radius 3 is 1.12 bits per heavy atom. The first-order valence-electron chi connectivity index (χ1n) is 2.82. The van der Waals surface area contributed by atoms with E-state index in [0.29, 0.717) is 17.0 Å². The summed E-state index contributed by atoms with van der Waals surface area (Å²) in [6.07, 6.45) is 0. The van der Waals surface area contributed by atoms with E-state index >= 15 is 0 Å². The maximum Gasteiger partial charge on any atom is -0.0144 e. The van der Waals surface area contributed by atoms with Crippen molar-refractivity contribution in [2.75, 3.05) is 0 Å². The van der Waals surface area contributed by atoms with Crippen molar-refractivity contribution < 1.29 is 0 Å². The Bertz CT molecular complexity index is 52.7. The largest absolute Gasteiger partial charge is 0.134 e. The Balaban J connectivity index is 3.46. The fourth-order valence-corrected chi connectivity index (χ4v) is 1.44. The molecule has 0 heterocycles. The highest BCUT2D eigenvalue weighted by molar-refractivity contribution is 7.26. The first-order valence-corrected chi connectivity index (χ1v) is 4.82. The van der Waals surface area contributed by atoms with Crippen molar-refractivity contribution in [2.24, 2.45) is 0 Å². The molecule has 0 radical (unpaired) electrons. The van der Waals surface area contributed by atoms with Gasteiger partial charge in [0.25, 0.3) is 0 Å². The third-order valence-electron chi connectivity index (χ3n) is 1.21. The van der Waals surface area contributed by atoms with Crippen molar-refractivity contribution >= 4 is 27.7 Å². The third-order valence-corrected chi connectivity index (χ3v) is 4.21. The SMILES string of the molecule is CC(P)C(P)C(C)P. The molecule has 0 rings (SSSR count). The molecule has 0 aromatic heterocycles. The molecule has 50 valence electrons. The van der Waals surface area contributed by atoms with Crippen LogP contribution in [-0.2, 0) is 0 Å². The molecule has 5 atom stereocenters. The lowest BCUT2D eigenvalue weighted by Gasteiger charge is -2.18. The predicted molar refractivity (Wildman–Crippen MR) is 51.8 cm³/mol. The van der Waals surface area contributed by atoms with Gasteiger partial charge in [-0.2, -0.15) is 0 Å². The molecular formula is C5H15P3. The van der Waals surface area contributed by atoms with Crippen molar-refractivity contribution in [1.29, 1.82) is 0 Å². The van der Waals surface area contributed by atoms with Gasteiger partial charge in [-0.3, -0.25) is 0 Å². The Morgan fingerprint density at radius 2 is 1.12 bits per heavy atom. The van der Waals surface area contributed by atoms with Crippen LogP contribution in [0.25, 0.3) is 0 Å². The third kappa shape index (κ3) is 3.34. The molecule has 0 bridgehead atoms. The Kier molecular flexibility index (Phi) is 4.83. The number of hydrogen-bond donors (Lipinski definition) is 0. The van der Waals surface area contributed by atoms with Crippen molar-refractivity contribution in [3.63, 3.8) is 0 Å². The molecule has 0 aromatic rings. The topological polar surface area (TPSA) is 0 Å². The van der Waals surface area contributed by atoms with Crippen molar-refractivity contribution in [1.82, 2.24) is 0 Å². The molecule has 0 saturated carbocycles. The van der Waals surface area contributed by atoms with E-state index in [0.717, 1.165) is 0 Å². The first-order chi connectivity index (χ1) is 3.55. The van der Waals surface area contributed by atoms with Crippen LogP contribution in [0, 0.1) is 0 Å². The fourth-order valence-electron chi connectivity index (χ4n) is 0.479. The van der Waals surface area contributed by atoms with E-state index in [-0.39, 0.29) is 0 Å². The molecule has 0 aliphatic heterocycles. The quantitative estimate of drug-likeness (QED) is 0.551. The van der Waals surface area contributed by atoms with E-state index in [1.807, 2.05) is 0 Å². The van der Waals surface area contributed by atoms with E-state index in [4.69, 9.17) is 0 Å².